The molecule has 28 heavy (non-hydrogen) atoms. The minimum absolute atomic E-state index is 0.222. The average Bonchev–Trinajstić information content (AvgIpc) is 3.04. The molecule has 0 bridgehead atoms. The van der Waals surface area contributed by atoms with Crippen LogP contribution in [-0.4, -0.2) is 25.8 Å². The lowest BCUT2D eigenvalue weighted by atomic mass is 10.0. The Balaban J connectivity index is 1.92. The predicted octanol–water partition coefficient (Wildman–Crippen LogP) is 5.47. The van der Waals surface area contributed by atoms with Gasteiger partial charge in [0.25, 0.3) is 0 Å². The van der Waals surface area contributed by atoms with E-state index in [1.807, 2.05) is 37.6 Å². The summed E-state index contributed by atoms with van der Waals surface area (Å²) in [4.78, 5) is 16.5. The topological polar surface area (TPSA) is 68.0 Å². The van der Waals surface area contributed by atoms with Crippen LogP contribution in [0.25, 0.3) is 27.8 Å². The largest absolute Gasteiger partial charge is 0.478 e. The summed E-state index contributed by atoms with van der Waals surface area (Å²) in [7, 11) is 0. The fraction of sp³-hybridized carbons (Fsp3) is 0.136. The maximum atomic E-state index is 11.8. The van der Waals surface area contributed by atoms with E-state index in [0.717, 1.165) is 32.5 Å². The van der Waals surface area contributed by atoms with Crippen LogP contribution in [0.1, 0.15) is 27.2 Å². The fourth-order valence-electron chi connectivity index (χ4n) is 3.36. The monoisotopic (exact) mass is 435 g/mol. The lowest BCUT2D eigenvalue weighted by molar-refractivity contribution is 0.0699. The Kier molecular flexibility index (Phi) is 4.51. The maximum Gasteiger partial charge on any atom is 0.336 e. The molecule has 0 atom stereocenters. The molecule has 5 nitrogen and oxygen atoms in total. The molecule has 0 aliphatic rings. The van der Waals surface area contributed by atoms with Crippen LogP contribution < -0.4 is 0 Å². The number of carbonyl (C=O) groups is 1. The molecular formula is C22H18BrN3O2. The highest BCUT2D eigenvalue weighted by molar-refractivity contribution is 9.10. The van der Waals surface area contributed by atoms with Gasteiger partial charge in [-0.2, -0.15) is 5.10 Å². The maximum absolute atomic E-state index is 11.8. The zero-order chi connectivity index (χ0) is 20.0. The van der Waals surface area contributed by atoms with Crippen molar-refractivity contribution < 1.29 is 9.90 Å². The van der Waals surface area contributed by atoms with Crippen LogP contribution in [0.5, 0.6) is 0 Å². The van der Waals surface area contributed by atoms with Crippen LogP contribution in [0, 0.1) is 20.8 Å². The highest BCUT2D eigenvalue weighted by Crippen LogP contribution is 2.30. The number of hydrogen-bond donors (Lipinski definition) is 1. The minimum Gasteiger partial charge on any atom is -0.478 e. The van der Waals surface area contributed by atoms with E-state index in [-0.39, 0.29) is 5.56 Å². The van der Waals surface area contributed by atoms with Gasteiger partial charge in [0.1, 0.15) is 0 Å². The van der Waals surface area contributed by atoms with Gasteiger partial charge in [0, 0.05) is 15.4 Å². The molecule has 0 fully saturated rings. The number of nitrogens with zero attached hydrogens (tertiary/aromatic N) is 3. The number of carboxylic acid groups (broad SMARTS) is 1. The average molecular weight is 436 g/mol. The number of carboxylic acids is 1. The molecule has 2 aromatic heterocycles. The van der Waals surface area contributed by atoms with Gasteiger partial charge in [0.05, 0.1) is 34.4 Å². The Hall–Kier alpha value is -2.99. The molecule has 0 aliphatic carbocycles. The SMILES string of the molecule is Cc1ccc(C)c(-n2ncc(-c3cc(C(=O)O)c4cc(Br)ccc4n3)c2C)c1. The first-order valence-electron chi connectivity index (χ1n) is 8.81. The van der Waals surface area contributed by atoms with E-state index in [9.17, 15) is 9.90 Å². The minimum atomic E-state index is -0.980. The van der Waals surface area contributed by atoms with Gasteiger partial charge in [-0.15, -0.1) is 0 Å². The first kappa shape index (κ1) is 18.4. The molecule has 4 rings (SSSR count). The molecule has 0 radical (unpaired) electrons. The summed E-state index contributed by atoms with van der Waals surface area (Å²) < 4.78 is 2.70. The molecular weight excluding hydrogens is 418 g/mol. The lowest BCUT2D eigenvalue weighted by Gasteiger charge is -2.11. The number of hydrogen-bond acceptors (Lipinski definition) is 3. The van der Waals surface area contributed by atoms with Gasteiger partial charge in [0.15, 0.2) is 0 Å². The summed E-state index contributed by atoms with van der Waals surface area (Å²) in [6.07, 6.45) is 1.75. The van der Waals surface area contributed by atoms with Crippen LogP contribution in [0.15, 0.2) is 53.1 Å². The Bertz CT molecular complexity index is 1240. The highest BCUT2D eigenvalue weighted by atomic mass is 79.9. The molecule has 2 heterocycles. The molecule has 0 saturated heterocycles. The second kappa shape index (κ2) is 6.87. The van der Waals surface area contributed by atoms with Gasteiger partial charge in [-0.1, -0.05) is 28.1 Å². The first-order valence-corrected chi connectivity index (χ1v) is 9.60. The quantitative estimate of drug-likeness (QED) is 0.462. The number of aromatic nitrogens is 3. The van der Waals surface area contributed by atoms with Gasteiger partial charge in [-0.05, 0) is 62.2 Å². The molecule has 6 heteroatoms. The van der Waals surface area contributed by atoms with Gasteiger partial charge in [0.2, 0.25) is 0 Å². The first-order chi connectivity index (χ1) is 13.3. The second-order valence-electron chi connectivity index (χ2n) is 6.87. The van der Waals surface area contributed by atoms with Crippen molar-refractivity contribution in [3.05, 3.63) is 75.5 Å². The van der Waals surface area contributed by atoms with E-state index in [1.165, 1.54) is 0 Å². The van der Waals surface area contributed by atoms with Crippen LogP contribution in [0.2, 0.25) is 0 Å². The summed E-state index contributed by atoms with van der Waals surface area (Å²) in [6.45, 7) is 6.06. The van der Waals surface area contributed by atoms with Gasteiger partial charge in [-0.25, -0.2) is 14.5 Å². The summed E-state index contributed by atoms with van der Waals surface area (Å²) in [6, 6.07) is 13.3. The molecule has 0 aliphatic heterocycles. The molecule has 140 valence electrons. The van der Waals surface area contributed by atoms with Crippen LogP contribution >= 0.6 is 15.9 Å². The van der Waals surface area contributed by atoms with E-state index in [4.69, 9.17) is 4.98 Å². The highest BCUT2D eigenvalue weighted by Gasteiger charge is 2.17. The third kappa shape index (κ3) is 3.10. The van der Waals surface area contributed by atoms with Crippen molar-refractivity contribution >= 4 is 32.8 Å². The van der Waals surface area contributed by atoms with E-state index in [0.29, 0.717) is 16.6 Å². The number of pyridine rings is 1. The normalized spacial score (nSPS) is 11.1. The summed E-state index contributed by atoms with van der Waals surface area (Å²) in [5.74, 6) is -0.980. The second-order valence-corrected chi connectivity index (χ2v) is 7.78. The number of rotatable bonds is 3. The van der Waals surface area contributed by atoms with E-state index < -0.39 is 5.97 Å². The lowest BCUT2D eigenvalue weighted by Crippen LogP contribution is -2.03. The smallest absolute Gasteiger partial charge is 0.336 e. The van der Waals surface area contributed by atoms with Crippen molar-refractivity contribution in [3.63, 3.8) is 0 Å². The van der Waals surface area contributed by atoms with Crippen molar-refractivity contribution in [2.45, 2.75) is 20.8 Å². The molecule has 1 N–H and O–H groups in total. The Morgan fingerprint density at radius 2 is 1.86 bits per heavy atom. The van der Waals surface area contributed by atoms with Crippen molar-refractivity contribution in [2.75, 3.05) is 0 Å². The summed E-state index contributed by atoms with van der Waals surface area (Å²) in [5.41, 5.74) is 6.46. The number of fused-ring (bicyclic) bond motifs is 1. The van der Waals surface area contributed by atoms with Gasteiger partial charge in [-0.3, -0.25) is 0 Å². The standard InChI is InChI=1S/C22H18BrN3O2/c1-12-4-5-13(2)21(8-12)26-14(3)18(11-24-26)20-10-17(22(27)28)16-9-15(23)6-7-19(16)25-20/h4-11H,1-3H3,(H,27,28). The summed E-state index contributed by atoms with van der Waals surface area (Å²) in [5, 5.41) is 14.9. The predicted molar refractivity (Wildman–Crippen MR) is 113 cm³/mol. The number of halogens is 1. The fourth-order valence-corrected chi connectivity index (χ4v) is 3.73. The van der Waals surface area contributed by atoms with Crippen LogP contribution in [0.3, 0.4) is 0 Å². The molecule has 0 spiro atoms. The Labute approximate surface area is 170 Å². The van der Waals surface area contributed by atoms with Gasteiger partial charge >= 0.3 is 5.97 Å². The molecule has 4 aromatic rings. The Morgan fingerprint density at radius 1 is 1.07 bits per heavy atom. The third-order valence-corrected chi connectivity index (χ3v) is 5.37. The van der Waals surface area contributed by atoms with E-state index in [2.05, 4.69) is 39.2 Å². The van der Waals surface area contributed by atoms with Crippen molar-refractivity contribution in [1.29, 1.82) is 0 Å². The number of aromatic carboxylic acids is 1. The third-order valence-electron chi connectivity index (χ3n) is 4.88. The summed E-state index contributed by atoms with van der Waals surface area (Å²) >= 11 is 3.40. The van der Waals surface area contributed by atoms with Crippen LogP contribution in [0.4, 0.5) is 0 Å². The molecule has 0 amide bonds. The number of benzene rings is 2. The van der Waals surface area contributed by atoms with Crippen molar-refractivity contribution in [1.82, 2.24) is 14.8 Å². The van der Waals surface area contributed by atoms with Gasteiger partial charge < -0.3 is 5.11 Å². The Morgan fingerprint density at radius 3 is 2.61 bits per heavy atom. The molecule has 0 unspecified atom stereocenters. The van der Waals surface area contributed by atoms with E-state index >= 15 is 0 Å². The van der Waals surface area contributed by atoms with Crippen molar-refractivity contribution in [2.24, 2.45) is 0 Å². The zero-order valence-corrected chi connectivity index (χ0v) is 17.3. The van der Waals surface area contributed by atoms with Crippen LogP contribution in [-0.2, 0) is 0 Å². The van der Waals surface area contributed by atoms with E-state index in [1.54, 1.807) is 18.3 Å². The van der Waals surface area contributed by atoms with Crippen molar-refractivity contribution in [3.8, 4) is 16.9 Å². The number of aryl methyl sites for hydroxylation is 2. The molecule has 0 saturated carbocycles. The zero-order valence-electron chi connectivity index (χ0n) is 15.7. The molecule has 2 aromatic carbocycles.